The Bertz CT molecular complexity index is 496. The maximum atomic E-state index is 9.25. The van der Waals surface area contributed by atoms with Crippen LogP contribution in [0.1, 0.15) is 0 Å². The first kappa shape index (κ1) is 28.6. The van der Waals surface area contributed by atoms with E-state index in [1.165, 1.54) is 0 Å². The summed E-state index contributed by atoms with van der Waals surface area (Å²) in [6.07, 6.45) is -11.1. The van der Waals surface area contributed by atoms with Crippen LogP contribution in [0.3, 0.4) is 0 Å². The molecule has 29 heavy (non-hydrogen) atoms. The first-order valence-electron chi connectivity index (χ1n) is 7.87. The van der Waals surface area contributed by atoms with Gasteiger partial charge in [0.05, 0.1) is 19.8 Å². The highest BCUT2D eigenvalue weighted by atomic mass is 31.2. The smallest absolute Gasteiger partial charge is 0.394 e. The Hall–Kier alpha value is -0.370. The summed E-state index contributed by atoms with van der Waals surface area (Å²) in [6.45, 7) is -1.88. The molecular weight excluding hydrogens is 431 g/mol. The standard InChI is InChI=1S/2C6H12O6.H3O4P/c7-1-3-4(9)5(10)6(11,2-8)12-3;7-1-2-3(8)4(9)5(10)6(11)12-2;1-5(2,3)4/h3-5,7-11H,1-2H2;2-11H,1H2;(H3,1,2,3,4)/t3-,4-,5+,6-;2-,3-,4+,5-,6?;/m11./s1. The van der Waals surface area contributed by atoms with Crippen molar-refractivity contribution in [3.63, 3.8) is 0 Å². The number of rotatable bonds is 3. The molecule has 0 spiro atoms. The molecule has 1 unspecified atom stereocenters. The average Bonchev–Trinajstić information content (AvgIpc) is 2.86. The van der Waals surface area contributed by atoms with E-state index in [2.05, 4.69) is 9.47 Å². The molecule has 0 aromatic rings. The molecule has 0 aromatic carbocycles. The lowest BCUT2D eigenvalue weighted by Gasteiger charge is -2.37. The van der Waals surface area contributed by atoms with Gasteiger partial charge in [0, 0.05) is 0 Å². The Kier molecular flexibility index (Phi) is 11.7. The Morgan fingerprint density at radius 2 is 1.21 bits per heavy atom. The second kappa shape index (κ2) is 11.9. The molecule has 9 atom stereocenters. The summed E-state index contributed by atoms with van der Waals surface area (Å²) in [5, 5.41) is 89.3. The highest BCUT2D eigenvalue weighted by molar-refractivity contribution is 7.45. The van der Waals surface area contributed by atoms with Crippen molar-refractivity contribution in [3.8, 4) is 0 Å². The zero-order chi connectivity index (χ0) is 23.2. The number of ether oxygens (including phenoxy) is 2. The summed E-state index contributed by atoms with van der Waals surface area (Å²) in [6, 6.07) is 0. The molecule has 2 heterocycles. The minimum absolute atomic E-state index is 0.526. The molecule has 2 aliphatic rings. The van der Waals surface area contributed by atoms with Crippen molar-refractivity contribution in [2.75, 3.05) is 19.8 Å². The van der Waals surface area contributed by atoms with Crippen LogP contribution < -0.4 is 0 Å². The average molecular weight is 458 g/mol. The molecule has 2 fully saturated rings. The molecular formula is C12H27O16P. The summed E-state index contributed by atoms with van der Waals surface area (Å²) in [4.78, 5) is 21.6. The number of aliphatic hydroxyl groups excluding tert-OH is 9. The van der Waals surface area contributed by atoms with Crippen LogP contribution in [0, 0.1) is 0 Å². The topological polar surface area (TPSA) is 299 Å². The SMILES string of the molecule is O=P(O)(O)O.OC[C@H]1OC(O)[C@H](O)[C@@H](O)[C@@H]1O.OC[C@H]1O[C@](O)(CO)[C@@H](O)[C@@H]1O. The fraction of sp³-hybridized carbons (Fsp3) is 1.00. The lowest BCUT2D eigenvalue weighted by molar-refractivity contribution is -0.286. The maximum absolute atomic E-state index is 9.25. The van der Waals surface area contributed by atoms with Crippen LogP contribution in [0.15, 0.2) is 0 Å². The zero-order valence-electron chi connectivity index (χ0n) is 14.7. The minimum Gasteiger partial charge on any atom is -0.394 e. The highest BCUT2D eigenvalue weighted by Crippen LogP contribution is 2.28. The molecule has 0 saturated carbocycles. The third-order valence-electron chi connectivity index (χ3n) is 3.80. The van der Waals surface area contributed by atoms with Crippen LogP contribution in [0.5, 0.6) is 0 Å². The number of hydrogen-bond acceptors (Lipinski definition) is 13. The van der Waals surface area contributed by atoms with E-state index in [1.807, 2.05) is 0 Å². The van der Waals surface area contributed by atoms with Crippen molar-refractivity contribution in [1.82, 2.24) is 0 Å². The Labute approximate surface area is 163 Å². The van der Waals surface area contributed by atoms with E-state index in [1.54, 1.807) is 0 Å². The zero-order valence-corrected chi connectivity index (χ0v) is 15.6. The number of hydrogen-bond donors (Lipinski definition) is 13. The molecule has 2 saturated heterocycles. The summed E-state index contributed by atoms with van der Waals surface area (Å²) < 4.78 is 18.1. The lowest BCUT2D eigenvalue weighted by atomic mass is 10.00. The van der Waals surface area contributed by atoms with Gasteiger partial charge in [0.25, 0.3) is 0 Å². The molecule has 0 aromatic heterocycles. The van der Waals surface area contributed by atoms with Crippen molar-refractivity contribution in [3.05, 3.63) is 0 Å². The molecule has 2 aliphatic heterocycles. The van der Waals surface area contributed by atoms with Crippen molar-refractivity contribution in [2.24, 2.45) is 0 Å². The molecule has 0 bridgehead atoms. The minimum atomic E-state index is -4.64. The van der Waals surface area contributed by atoms with Gasteiger partial charge in [-0.25, -0.2) is 4.57 Å². The van der Waals surface area contributed by atoms with Gasteiger partial charge in [-0.3, -0.25) is 0 Å². The molecule has 176 valence electrons. The highest BCUT2D eigenvalue weighted by Gasteiger charge is 2.52. The number of aliphatic hydroxyl groups is 10. The Balaban J connectivity index is 0.000000442. The van der Waals surface area contributed by atoms with Crippen LogP contribution in [0.2, 0.25) is 0 Å². The van der Waals surface area contributed by atoms with Gasteiger partial charge in [0.2, 0.25) is 5.79 Å². The van der Waals surface area contributed by atoms with Crippen LogP contribution >= 0.6 is 7.82 Å². The van der Waals surface area contributed by atoms with E-state index in [9.17, 15) is 5.11 Å². The first-order valence-corrected chi connectivity index (χ1v) is 9.44. The second-order valence-electron chi connectivity index (χ2n) is 6.01. The fourth-order valence-electron chi connectivity index (χ4n) is 2.23. The predicted octanol–water partition coefficient (Wildman–Crippen LogP) is -7.37. The third-order valence-corrected chi connectivity index (χ3v) is 3.80. The largest absolute Gasteiger partial charge is 0.466 e. The summed E-state index contributed by atoms with van der Waals surface area (Å²) in [7, 11) is -4.64. The normalized spacial score (nSPS) is 42.4. The first-order chi connectivity index (χ1) is 13.1. The van der Waals surface area contributed by atoms with Crippen molar-refractivity contribution in [1.29, 1.82) is 0 Å². The fourth-order valence-corrected chi connectivity index (χ4v) is 2.23. The van der Waals surface area contributed by atoms with Gasteiger partial charge in [-0.1, -0.05) is 0 Å². The van der Waals surface area contributed by atoms with Gasteiger partial charge in [0.15, 0.2) is 6.29 Å². The van der Waals surface area contributed by atoms with E-state index in [-0.39, 0.29) is 0 Å². The van der Waals surface area contributed by atoms with E-state index in [0.29, 0.717) is 0 Å². The van der Waals surface area contributed by atoms with E-state index in [4.69, 9.17) is 65.2 Å². The van der Waals surface area contributed by atoms with Crippen molar-refractivity contribution in [2.45, 2.75) is 54.8 Å². The second-order valence-corrected chi connectivity index (χ2v) is 7.04. The molecule has 0 radical (unpaired) electrons. The lowest BCUT2D eigenvalue weighted by Crippen LogP contribution is -2.58. The van der Waals surface area contributed by atoms with E-state index >= 15 is 0 Å². The van der Waals surface area contributed by atoms with E-state index in [0.717, 1.165) is 0 Å². The van der Waals surface area contributed by atoms with Gasteiger partial charge in [-0.2, -0.15) is 0 Å². The summed E-state index contributed by atoms with van der Waals surface area (Å²) in [5.74, 6) is -2.16. The predicted molar refractivity (Wildman–Crippen MR) is 86.3 cm³/mol. The van der Waals surface area contributed by atoms with Gasteiger partial charge >= 0.3 is 7.82 Å². The molecule has 13 N–H and O–H groups in total. The molecule has 2 rings (SSSR count). The Morgan fingerprint density at radius 1 is 0.759 bits per heavy atom. The quantitative estimate of drug-likeness (QED) is 0.175. The monoisotopic (exact) mass is 458 g/mol. The molecule has 17 heteroatoms. The van der Waals surface area contributed by atoms with Crippen molar-refractivity contribution >= 4 is 7.82 Å². The van der Waals surface area contributed by atoms with Crippen LogP contribution in [-0.2, 0) is 14.0 Å². The van der Waals surface area contributed by atoms with Crippen LogP contribution in [-0.4, -0.2) is 140 Å². The van der Waals surface area contributed by atoms with Gasteiger partial charge in [-0.15, -0.1) is 0 Å². The molecule has 0 aliphatic carbocycles. The maximum Gasteiger partial charge on any atom is 0.466 e. The summed E-state index contributed by atoms with van der Waals surface area (Å²) >= 11 is 0. The van der Waals surface area contributed by atoms with Crippen LogP contribution in [0.4, 0.5) is 0 Å². The third kappa shape index (κ3) is 8.72. The molecule has 16 nitrogen and oxygen atoms in total. The van der Waals surface area contributed by atoms with Crippen molar-refractivity contribution < 1.29 is 79.8 Å². The van der Waals surface area contributed by atoms with Crippen LogP contribution in [0.25, 0.3) is 0 Å². The molecule has 0 amide bonds. The van der Waals surface area contributed by atoms with Gasteiger partial charge < -0.3 is 75.2 Å². The van der Waals surface area contributed by atoms with Gasteiger partial charge in [0.1, 0.15) is 42.7 Å². The van der Waals surface area contributed by atoms with E-state index < -0.39 is 82.4 Å². The summed E-state index contributed by atoms with van der Waals surface area (Å²) in [5.41, 5.74) is 0. The van der Waals surface area contributed by atoms with Gasteiger partial charge in [-0.05, 0) is 0 Å². The Morgan fingerprint density at radius 3 is 1.52 bits per heavy atom. The number of phosphoric acid groups is 1.